The quantitative estimate of drug-likeness (QED) is 0.753. The second-order valence-corrected chi connectivity index (χ2v) is 3.12. The molecule has 15 heavy (non-hydrogen) atoms. The van der Waals surface area contributed by atoms with E-state index in [0.717, 1.165) is 5.56 Å². The van der Waals surface area contributed by atoms with E-state index in [9.17, 15) is 8.78 Å². The van der Waals surface area contributed by atoms with Crippen LogP contribution >= 0.6 is 0 Å². The Morgan fingerprint density at radius 1 is 1.13 bits per heavy atom. The van der Waals surface area contributed by atoms with Gasteiger partial charge in [0, 0.05) is 13.5 Å². The van der Waals surface area contributed by atoms with E-state index in [1.54, 1.807) is 31.4 Å². The van der Waals surface area contributed by atoms with Crippen LogP contribution in [0.2, 0.25) is 0 Å². The van der Waals surface area contributed by atoms with Gasteiger partial charge in [0.25, 0.3) is 0 Å². The predicted molar refractivity (Wildman–Crippen MR) is 53.4 cm³/mol. The van der Waals surface area contributed by atoms with Crippen LogP contribution in [0.25, 0.3) is 0 Å². The van der Waals surface area contributed by atoms with E-state index in [1.165, 1.54) is 7.11 Å². The number of halogens is 2. The molecule has 1 unspecified atom stereocenters. The summed E-state index contributed by atoms with van der Waals surface area (Å²) in [5.41, 5.74) is 0.735. The maximum absolute atomic E-state index is 12.2. The molecule has 0 saturated heterocycles. The van der Waals surface area contributed by atoms with E-state index in [1.807, 2.05) is 0 Å². The zero-order valence-corrected chi connectivity index (χ0v) is 8.74. The molecule has 2 nitrogen and oxygen atoms in total. The van der Waals surface area contributed by atoms with Gasteiger partial charge in [-0.25, -0.2) is 8.78 Å². The average Bonchev–Trinajstić information content (AvgIpc) is 2.26. The molecule has 84 valence electrons. The van der Waals surface area contributed by atoms with Crippen LogP contribution in [0, 0.1) is 0 Å². The first-order chi connectivity index (χ1) is 7.17. The van der Waals surface area contributed by atoms with Crippen LogP contribution in [-0.4, -0.2) is 20.6 Å². The standard InChI is InChI=1S/C11H14F2O2/c1-14-9-5-3-8(4-6-9)10(15-2)7-11(12)13/h3-6,10-11H,7H2,1-2H3. The Labute approximate surface area is 87.8 Å². The molecule has 1 aromatic rings. The van der Waals surface area contributed by atoms with E-state index in [-0.39, 0.29) is 6.42 Å². The second kappa shape index (κ2) is 5.66. The van der Waals surface area contributed by atoms with Crippen LogP contribution in [0.1, 0.15) is 18.1 Å². The average molecular weight is 216 g/mol. The van der Waals surface area contributed by atoms with Gasteiger partial charge in [0.2, 0.25) is 6.43 Å². The highest BCUT2D eigenvalue weighted by molar-refractivity contribution is 5.28. The summed E-state index contributed by atoms with van der Waals surface area (Å²) in [4.78, 5) is 0. The van der Waals surface area contributed by atoms with Crippen molar-refractivity contribution in [3.63, 3.8) is 0 Å². The summed E-state index contributed by atoms with van der Waals surface area (Å²) < 4.78 is 34.4. The number of hydrogen-bond acceptors (Lipinski definition) is 2. The predicted octanol–water partition coefficient (Wildman–Crippen LogP) is 3.04. The zero-order chi connectivity index (χ0) is 11.3. The molecule has 0 aliphatic carbocycles. The van der Waals surface area contributed by atoms with Crippen molar-refractivity contribution in [2.75, 3.05) is 14.2 Å². The van der Waals surface area contributed by atoms with Crippen molar-refractivity contribution in [1.82, 2.24) is 0 Å². The van der Waals surface area contributed by atoms with Gasteiger partial charge in [0.05, 0.1) is 13.2 Å². The minimum Gasteiger partial charge on any atom is -0.497 e. The minimum absolute atomic E-state index is 0.289. The molecule has 1 aromatic carbocycles. The summed E-state index contributed by atoms with van der Waals surface area (Å²) in [6.07, 6.45) is -3.21. The van der Waals surface area contributed by atoms with Gasteiger partial charge in [-0.05, 0) is 17.7 Å². The lowest BCUT2D eigenvalue weighted by Gasteiger charge is -2.15. The first-order valence-electron chi connectivity index (χ1n) is 4.62. The Hall–Kier alpha value is -1.16. The molecule has 0 bridgehead atoms. The van der Waals surface area contributed by atoms with Crippen LogP contribution in [0.15, 0.2) is 24.3 Å². The lowest BCUT2D eigenvalue weighted by atomic mass is 10.1. The van der Waals surface area contributed by atoms with Crippen LogP contribution < -0.4 is 4.74 Å². The molecule has 0 radical (unpaired) electrons. The van der Waals surface area contributed by atoms with Crippen molar-refractivity contribution in [2.24, 2.45) is 0 Å². The largest absolute Gasteiger partial charge is 0.497 e. The summed E-state index contributed by atoms with van der Waals surface area (Å²) in [5.74, 6) is 0.700. The molecule has 0 aliphatic heterocycles. The first kappa shape index (κ1) is 11.9. The summed E-state index contributed by atoms with van der Waals surface area (Å²) >= 11 is 0. The highest BCUT2D eigenvalue weighted by atomic mass is 19.3. The molecular weight excluding hydrogens is 202 g/mol. The van der Waals surface area contributed by atoms with Gasteiger partial charge in [0.1, 0.15) is 5.75 Å². The Morgan fingerprint density at radius 3 is 2.13 bits per heavy atom. The van der Waals surface area contributed by atoms with Crippen molar-refractivity contribution in [3.8, 4) is 5.75 Å². The smallest absolute Gasteiger partial charge is 0.241 e. The van der Waals surface area contributed by atoms with Crippen molar-refractivity contribution >= 4 is 0 Å². The van der Waals surface area contributed by atoms with Gasteiger partial charge in [-0.15, -0.1) is 0 Å². The molecule has 0 heterocycles. The Morgan fingerprint density at radius 2 is 1.73 bits per heavy atom. The first-order valence-corrected chi connectivity index (χ1v) is 4.62. The lowest BCUT2D eigenvalue weighted by Crippen LogP contribution is -2.06. The fourth-order valence-electron chi connectivity index (χ4n) is 1.35. The Kier molecular flexibility index (Phi) is 4.49. The number of benzene rings is 1. The SMILES string of the molecule is COc1ccc(C(CC(F)F)OC)cc1. The number of rotatable bonds is 5. The molecule has 0 spiro atoms. The molecular formula is C11H14F2O2. The van der Waals surface area contributed by atoms with Crippen LogP contribution in [-0.2, 0) is 4.74 Å². The summed E-state index contributed by atoms with van der Waals surface area (Å²) in [5, 5.41) is 0. The number of methoxy groups -OCH3 is 2. The Bertz CT molecular complexity index is 285. The van der Waals surface area contributed by atoms with E-state index < -0.39 is 12.5 Å². The van der Waals surface area contributed by atoms with E-state index in [2.05, 4.69) is 0 Å². The third kappa shape index (κ3) is 3.47. The molecule has 0 aromatic heterocycles. The summed E-state index contributed by atoms with van der Waals surface area (Å²) in [6, 6.07) is 6.92. The van der Waals surface area contributed by atoms with E-state index in [4.69, 9.17) is 9.47 Å². The maximum atomic E-state index is 12.2. The third-order valence-electron chi connectivity index (χ3n) is 2.16. The number of hydrogen-bond donors (Lipinski definition) is 0. The molecule has 1 atom stereocenters. The molecule has 0 fully saturated rings. The minimum atomic E-state index is -2.36. The lowest BCUT2D eigenvalue weighted by molar-refractivity contribution is 0.0304. The van der Waals surface area contributed by atoms with Gasteiger partial charge in [0.15, 0.2) is 0 Å². The van der Waals surface area contributed by atoms with Gasteiger partial charge >= 0.3 is 0 Å². The molecule has 0 aliphatic rings. The number of ether oxygens (including phenoxy) is 2. The fraction of sp³-hybridized carbons (Fsp3) is 0.455. The van der Waals surface area contributed by atoms with Crippen LogP contribution in [0.3, 0.4) is 0 Å². The monoisotopic (exact) mass is 216 g/mol. The second-order valence-electron chi connectivity index (χ2n) is 3.12. The van der Waals surface area contributed by atoms with Crippen molar-refractivity contribution in [3.05, 3.63) is 29.8 Å². The molecule has 0 N–H and O–H groups in total. The highest BCUT2D eigenvalue weighted by Crippen LogP contribution is 2.25. The number of alkyl halides is 2. The topological polar surface area (TPSA) is 18.5 Å². The van der Waals surface area contributed by atoms with Gasteiger partial charge in [-0.2, -0.15) is 0 Å². The Balaban J connectivity index is 2.74. The maximum Gasteiger partial charge on any atom is 0.241 e. The third-order valence-corrected chi connectivity index (χ3v) is 2.16. The molecule has 1 rings (SSSR count). The molecule has 0 saturated carbocycles. The normalized spacial score (nSPS) is 12.9. The zero-order valence-electron chi connectivity index (χ0n) is 8.74. The highest BCUT2D eigenvalue weighted by Gasteiger charge is 2.16. The van der Waals surface area contributed by atoms with Gasteiger partial charge < -0.3 is 9.47 Å². The van der Waals surface area contributed by atoms with E-state index >= 15 is 0 Å². The van der Waals surface area contributed by atoms with Crippen LogP contribution in [0.5, 0.6) is 5.75 Å². The van der Waals surface area contributed by atoms with Crippen molar-refractivity contribution in [2.45, 2.75) is 19.0 Å². The van der Waals surface area contributed by atoms with Crippen molar-refractivity contribution in [1.29, 1.82) is 0 Å². The summed E-state index contributed by atoms with van der Waals surface area (Å²) in [7, 11) is 2.99. The van der Waals surface area contributed by atoms with Crippen LogP contribution in [0.4, 0.5) is 8.78 Å². The van der Waals surface area contributed by atoms with Crippen molar-refractivity contribution < 1.29 is 18.3 Å². The summed E-state index contributed by atoms with van der Waals surface area (Å²) in [6.45, 7) is 0. The van der Waals surface area contributed by atoms with Gasteiger partial charge in [-0.3, -0.25) is 0 Å². The molecule has 0 amide bonds. The molecule has 4 heteroatoms. The van der Waals surface area contributed by atoms with Gasteiger partial charge in [-0.1, -0.05) is 12.1 Å². The van der Waals surface area contributed by atoms with E-state index in [0.29, 0.717) is 5.75 Å². The fourth-order valence-corrected chi connectivity index (χ4v) is 1.35.